The van der Waals surface area contributed by atoms with Crippen LogP contribution in [0.3, 0.4) is 0 Å². The van der Waals surface area contributed by atoms with Gasteiger partial charge in [-0.2, -0.15) is 0 Å². The van der Waals surface area contributed by atoms with E-state index in [0.717, 1.165) is 27.5 Å². The standard InChI is InChI=1S/C22H30N2O4/c1-6-28-20-12-9-18(13-21(20)27-5)15-24(3)16(2)22(25)23-14-17-7-10-19(26-4)11-8-17/h7-13,16H,6,14-15H2,1-5H3,(H,23,25)/p+1/t16-/m1/s1. The van der Waals surface area contributed by atoms with Crippen molar-refractivity contribution in [3.8, 4) is 17.2 Å². The van der Waals surface area contributed by atoms with E-state index in [1.54, 1.807) is 14.2 Å². The number of hydrogen-bond donors (Lipinski definition) is 2. The van der Waals surface area contributed by atoms with E-state index in [1.165, 1.54) is 0 Å². The minimum absolute atomic E-state index is 0.0196. The van der Waals surface area contributed by atoms with Gasteiger partial charge >= 0.3 is 0 Å². The fraction of sp³-hybridized carbons (Fsp3) is 0.409. The maximum Gasteiger partial charge on any atom is 0.278 e. The van der Waals surface area contributed by atoms with Crippen LogP contribution in [0.15, 0.2) is 42.5 Å². The Morgan fingerprint density at radius 3 is 2.32 bits per heavy atom. The lowest BCUT2D eigenvalue weighted by atomic mass is 10.1. The van der Waals surface area contributed by atoms with Crippen molar-refractivity contribution < 1.29 is 23.9 Å². The van der Waals surface area contributed by atoms with E-state index >= 15 is 0 Å². The lowest BCUT2D eigenvalue weighted by Gasteiger charge is -2.21. The summed E-state index contributed by atoms with van der Waals surface area (Å²) in [6.45, 7) is 5.67. The summed E-state index contributed by atoms with van der Waals surface area (Å²) >= 11 is 0. The molecule has 152 valence electrons. The van der Waals surface area contributed by atoms with E-state index in [4.69, 9.17) is 14.2 Å². The molecule has 1 amide bonds. The number of quaternary nitrogens is 1. The lowest BCUT2D eigenvalue weighted by Crippen LogP contribution is -3.12. The van der Waals surface area contributed by atoms with Crippen LogP contribution in [0.1, 0.15) is 25.0 Å². The van der Waals surface area contributed by atoms with Gasteiger partial charge in [0.1, 0.15) is 12.3 Å². The number of methoxy groups -OCH3 is 2. The van der Waals surface area contributed by atoms with E-state index in [0.29, 0.717) is 25.4 Å². The highest BCUT2D eigenvalue weighted by Crippen LogP contribution is 2.27. The summed E-state index contributed by atoms with van der Waals surface area (Å²) in [5, 5.41) is 3.01. The second-order valence-electron chi connectivity index (χ2n) is 6.73. The average Bonchev–Trinajstić information content (AvgIpc) is 2.72. The molecule has 2 atom stereocenters. The van der Waals surface area contributed by atoms with E-state index in [1.807, 2.05) is 63.4 Å². The molecular weight excluding hydrogens is 356 g/mol. The van der Waals surface area contributed by atoms with Crippen molar-refractivity contribution in [1.82, 2.24) is 5.32 Å². The Balaban J connectivity index is 1.91. The summed E-state index contributed by atoms with van der Waals surface area (Å²) in [6, 6.07) is 13.4. The first-order chi connectivity index (χ1) is 13.5. The van der Waals surface area contributed by atoms with Crippen molar-refractivity contribution in [1.29, 1.82) is 0 Å². The van der Waals surface area contributed by atoms with Gasteiger partial charge in [-0.1, -0.05) is 12.1 Å². The zero-order valence-electron chi connectivity index (χ0n) is 17.4. The molecule has 0 spiro atoms. The monoisotopic (exact) mass is 387 g/mol. The highest BCUT2D eigenvalue weighted by atomic mass is 16.5. The number of carbonyl (C=O) groups excluding carboxylic acids is 1. The molecule has 6 nitrogen and oxygen atoms in total. The van der Waals surface area contributed by atoms with E-state index < -0.39 is 0 Å². The molecule has 2 aromatic rings. The van der Waals surface area contributed by atoms with Crippen molar-refractivity contribution in [3.05, 3.63) is 53.6 Å². The third-order valence-electron chi connectivity index (χ3n) is 4.77. The van der Waals surface area contributed by atoms with Crippen molar-refractivity contribution in [2.75, 3.05) is 27.9 Å². The van der Waals surface area contributed by atoms with Crippen molar-refractivity contribution in [2.45, 2.75) is 33.0 Å². The normalized spacial score (nSPS) is 12.8. The molecule has 0 aliphatic carbocycles. The number of nitrogens with one attached hydrogen (secondary N) is 2. The lowest BCUT2D eigenvalue weighted by molar-refractivity contribution is -0.908. The molecule has 0 heterocycles. The van der Waals surface area contributed by atoms with Gasteiger partial charge in [0, 0.05) is 12.1 Å². The number of ether oxygens (including phenoxy) is 3. The van der Waals surface area contributed by atoms with Crippen molar-refractivity contribution in [3.63, 3.8) is 0 Å². The molecule has 0 aliphatic heterocycles. The fourth-order valence-corrected chi connectivity index (χ4v) is 2.88. The molecule has 0 bridgehead atoms. The van der Waals surface area contributed by atoms with Crippen LogP contribution in [0, 0.1) is 0 Å². The van der Waals surface area contributed by atoms with Crippen molar-refractivity contribution >= 4 is 5.91 Å². The smallest absolute Gasteiger partial charge is 0.278 e. The molecular formula is C22H31N2O4+. The Morgan fingerprint density at radius 1 is 1.04 bits per heavy atom. The minimum Gasteiger partial charge on any atom is -0.497 e. The maximum absolute atomic E-state index is 12.5. The molecule has 0 saturated carbocycles. The summed E-state index contributed by atoms with van der Waals surface area (Å²) in [6.07, 6.45) is 0. The molecule has 1 unspecified atom stereocenters. The molecule has 2 N–H and O–H groups in total. The summed E-state index contributed by atoms with van der Waals surface area (Å²) in [5.74, 6) is 2.27. The Kier molecular flexibility index (Phi) is 8.14. The molecule has 6 heteroatoms. The van der Waals surface area contributed by atoms with Gasteiger partial charge in [-0.25, -0.2) is 0 Å². The first-order valence-electron chi connectivity index (χ1n) is 9.51. The molecule has 0 radical (unpaired) electrons. The molecule has 28 heavy (non-hydrogen) atoms. The van der Waals surface area contributed by atoms with Gasteiger partial charge in [-0.05, 0) is 49.7 Å². The quantitative estimate of drug-likeness (QED) is 0.653. The Labute approximate surface area is 167 Å². The zero-order chi connectivity index (χ0) is 20.5. The first kappa shape index (κ1) is 21.6. The van der Waals surface area contributed by atoms with Gasteiger partial charge in [0.25, 0.3) is 5.91 Å². The minimum atomic E-state index is -0.184. The van der Waals surface area contributed by atoms with Crippen LogP contribution in [0.25, 0.3) is 0 Å². The van der Waals surface area contributed by atoms with E-state index in [-0.39, 0.29) is 11.9 Å². The third kappa shape index (κ3) is 5.89. The summed E-state index contributed by atoms with van der Waals surface area (Å²) in [4.78, 5) is 13.6. The van der Waals surface area contributed by atoms with Gasteiger partial charge in [-0.15, -0.1) is 0 Å². The van der Waals surface area contributed by atoms with Crippen LogP contribution in [0.5, 0.6) is 17.2 Å². The van der Waals surface area contributed by atoms with Crippen LogP contribution < -0.4 is 24.4 Å². The van der Waals surface area contributed by atoms with Gasteiger partial charge in [0.2, 0.25) is 0 Å². The largest absolute Gasteiger partial charge is 0.497 e. The highest BCUT2D eigenvalue weighted by molar-refractivity contribution is 5.79. The number of carbonyl (C=O) groups is 1. The molecule has 0 aromatic heterocycles. The van der Waals surface area contributed by atoms with Crippen LogP contribution in [0.4, 0.5) is 0 Å². The zero-order valence-corrected chi connectivity index (χ0v) is 17.4. The topological polar surface area (TPSA) is 61.2 Å². The second-order valence-corrected chi connectivity index (χ2v) is 6.73. The van der Waals surface area contributed by atoms with Gasteiger partial charge in [-0.3, -0.25) is 4.79 Å². The molecule has 0 saturated heterocycles. The number of rotatable bonds is 10. The molecule has 2 rings (SSSR count). The third-order valence-corrected chi connectivity index (χ3v) is 4.77. The molecule has 0 aliphatic rings. The predicted octanol–water partition coefficient (Wildman–Crippen LogP) is 1.82. The SMILES string of the molecule is CCOc1ccc(C[NH+](C)[C@H](C)C(=O)NCc2ccc(OC)cc2)cc1OC. The van der Waals surface area contributed by atoms with Gasteiger partial charge in [0.05, 0.1) is 27.9 Å². The Hall–Kier alpha value is -2.73. The van der Waals surface area contributed by atoms with Gasteiger partial charge < -0.3 is 24.4 Å². The van der Waals surface area contributed by atoms with Crippen LogP contribution in [0.2, 0.25) is 0 Å². The maximum atomic E-state index is 12.5. The molecule has 2 aromatic carbocycles. The first-order valence-corrected chi connectivity index (χ1v) is 9.51. The average molecular weight is 388 g/mol. The Bertz CT molecular complexity index is 762. The predicted molar refractivity (Wildman–Crippen MR) is 109 cm³/mol. The summed E-state index contributed by atoms with van der Waals surface area (Å²) in [7, 11) is 5.28. The Morgan fingerprint density at radius 2 is 1.71 bits per heavy atom. The highest BCUT2D eigenvalue weighted by Gasteiger charge is 2.22. The number of likely N-dealkylation sites (N-methyl/N-ethyl adjacent to an activating group) is 1. The van der Waals surface area contributed by atoms with Crippen LogP contribution in [-0.2, 0) is 17.9 Å². The number of amides is 1. The van der Waals surface area contributed by atoms with Crippen LogP contribution in [-0.4, -0.2) is 39.8 Å². The van der Waals surface area contributed by atoms with Gasteiger partial charge in [0.15, 0.2) is 17.5 Å². The fourth-order valence-electron chi connectivity index (χ4n) is 2.88. The number of benzene rings is 2. The van der Waals surface area contributed by atoms with Crippen LogP contribution >= 0.6 is 0 Å². The number of hydrogen-bond acceptors (Lipinski definition) is 4. The van der Waals surface area contributed by atoms with Crippen molar-refractivity contribution in [2.24, 2.45) is 0 Å². The van der Waals surface area contributed by atoms with E-state index in [2.05, 4.69) is 5.32 Å². The molecule has 0 fully saturated rings. The summed E-state index contributed by atoms with van der Waals surface area (Å²) in [5.41, 5.74) is 2.13. The summed E-state index contributed by atoms with van der Waals surface area (Å²) < 4.78 is 16.1. The second kappa shape index (κ2) is 10.6. The van der Waals surface area contributed by atoms with E-state index in [9.17, 15) is 4.79 Å².